The average molecular weight is 221 g/mol. The number of benzene rings is 1. The largest absolute Gasteiger partial charge is 0.454 e. The van der Waals surface area contributed by atoms with Crippen LogP contribution in [0.5, 0.6) is 0 Å². The molecule has 5 heteroatoms. The van der Waals surface area contributed by atoms with Crippen LogP contribution >= 0.6 is 0 Å². The zero-order valence-corrected chi connectivity index (χ0v) is 8.75. The molecule has 0 atom stereocenters. The van der Waals surface area contributed by atoms with Gasteiger partial charge in [0.15, 0.2) is 6.61 Å². The van der Waals surface area contributed by atoms with Gasteiger partial charge in [-0.1, -0.05) is 30.3 Å². The fourth-order valence-corrected chi connectivity index (χ4v) is 1.06. The van der Waals surface area contributed by atoms with E-state index in [9.17, 15) is 14.9 Å². The maximum atomic E-state index is 10.7. The lowest BCUT2D eigenvalue weighted by molar-refractivity contribution is -0.428. The molecule has 0 heterocycles. The smallest absolute Gasteiger partial charge is 0.303 e. The molecule has 5 nitrogen and oxygen atoms in total. The summed E-state index contributed by atoms with van der Waals surface area (Å²) in [5.74, 6) is -0.541. The third kappa shape index (κ3) is 3.91. The van der Waals surface area contributed by atoms with Gasteiger partial charge in [-0.15, -0.1) is 0 Å². The van der Waals surface area contributed by atoms with Gasteiger partial charge in [-0.05, 0) is 5.56 Å². The second-order valence-electron chi connectivity index (χ2n) is 3.08. The first-order valence-electron chi connectivity index (χ1n) is 4.63. The van der Waals surface area contributed by atoms with E-state index in [0.29, 0.717) is 5.56 Å². The Morgan fingerprint density at radius 1 is 1.44 bits per heavy atom. The van der Waals surface area contributed by atoms with Crippen LogP contribution < -0.4 is 0 Å². The third-order valence-corrected chi connectivity index (χ3v) is 1.79. The van der Waals surface area contributed by atoms with E-state index >= 15 is 0 Å². The van der Waals surface area contributed by atoms with E-state index in [2.05, 4.69) is 4.74 Å². The van der Waals surface area contributed by atoms with Gasteiger partial charge in [0.05, 0.1) is 4.92 Å². The molecule has 0 amide bonds. The van der Waals surface area contributed by atoms with E-state index in [1.54, 1.807) is 24.3 Å². The van der Waals surface area contributed by atoms with Gasteiger partial charge in [-0.2, -0.15) is 0 Å². The van der Waals surface area contributed by atoms with Crippen LogP contribution in [0.15, 0.2) is 36.0 Å². The van der Waals surface area contributed by atoms with Crippen molar-refractivity contribution in [3.8, 4) is 0 Å². The molecule has 0 N–H and O–H groups in total. The Bertz CT molecular complexity index is 411. The molecule has 0 aliphatic heterocycles. The Balaban J connectivity index is 2.81. The molecular weight excluding hydrogens is 210 g/mol. The summed E-state index contributed by atoms with van der Waals surface area (Å²) in [5.41, 5.74) is 0.544. The van der Waals surface area contributed by atoms with Crippen LogP contribution in [-0.2, 0) is 9.53 Å². The van der Waals surface area contributed by atoms with E-state index in [4.69, 9.17) is 0 Å². The molecular formula is C11H11NO4. The highest BCUT2D eigenvalue weighted by Gasteiger charge is 2.12. The summed E-state index contributed by atoms with van der Waals surface area (Å²) in [6.07, 6.45) is 1.38. The first-order chi connectivity index (χ1) is 7.59. The lowest BCUT2D eigenvalue weighted by Gasteiger charge is -1.99. The fourth-order valence-electron chi connectivity index (χ4n) is 1.06. The standard InChI is InChI=1S/C11H11NO4/c1-9(13)16-8-11(12(14)15)7-10-5-3-2-4-6-10/h2-7H,8H2,1H3. The molecule has 0 aromatic heterocycles. The Labute approximate surface area is 92.5 Å². The van der Waals surface area contributed by atoms with Crippen LogP contribution in [-0.4, -0.2) is 17.5 Å². The van der Waals surface area contributed by atoms with Gasteiger partial charge in [0.1, 0.15) is 0 Å². The number of hydrogen-bond donors (Lipinski definition) is 0. The zero-order valence-electron chi connectivity index (χ0n) is 8.75. The maximum Gasteiger partial charge on any atom is 0.303 e. The van der Waals surface area contributed by atoms with E-state index in [0.717, 1.165) is 0 Å². The lowest BCUT2D eigenvalue weighted by atomic mass is 10.2. The predicted molar refractivity (Wildman–Crippen MR) is 58.0 cm³/mol. The van der Waals surface area contributed by atoms with Gasteiger partial charge in [0.2, 0.25) is 0 Å². The molecule has 1 rings (SSSR count). The van der Waals surface area contributed by atoms with E-state index < -0.39 is 10.9 Å². The van der Waals surface area contributed by atoms with Crippen LogP contribution in [0, 0.1) is 10.1 Å². The Hall–Kier alpha value is -2.17. The molecule has 84 valence electrons. The van der Waals surface area contributed by atoms with E-state index in [-0.39, 0.29) is 12.3 Å². The summed E-state index contributed by atoms with van der Waals surface area (Å²) < 4.78 is 4.59. The van der Waals surface area contributed by atoms with Crippen molar-refractivity contribution >= 4 is 12.0 Å². The Kier molecular flexibility index (Phi) is 4.20. The van der Waals surface area contributed by atoms with Gasteiger partial charge < -0.3 is 4.74 Å². The SMILES string of the molecule is CC(=O)OCC(=Cc1ccccc1)[N+](=O)[O-]. The minimum atomic E-state index is -0.560. The minimum Gasteiger partial charge on any atom is -0.454 e. The van der Waals surface area contributed by atoms with E-state index in [1.165, 1.54) is 13.0 Å². The second-order valence-corrected chi connectivity index (χ2v) is 3.08. The van der Waals surface area contributed by atoms with Crippen molar-refractivity contribution in [1.82, 2.24) is 0 Å². The topological polar surface area (TPSA) is 69.4 Å². The number of ether oxygens (including phenoxy) is 1. The minimum absolute atomic E-state index is 0.151. The van der Waals surface area contributed by atoms with Crippen LogP contribution in [0.2, 0.25) is 0 Å². The molecule has 0 spiro atoms. The van der Waals surface area contributed by atoms with Crippen LogP contribution in [0.1, 0.15) is 12.5 Å². The number of carbonyl (C=O) groups is 1. The first kappa shape index (κ1) is 11.9. The lowest BCUT2D eigenvalue weighted by Crippen LogP contribution is -2.09. The first-order valence-corrected chi connectivity index (χ1v) is 4.63. The van der Waals surface area contributed by atoms with Crippen LogP contribution in [0.3, 0.4) is 0 Å². The van der Waals surface area contributed by atoms with Crippen molar-refractivity contribution in [1.29, 1.82) is 0 Å². The molecule has 0 fully saturated rings. The number of esters is 1. The molecule has 1 aromatic rings. The number of hydrogen-bond acceptors (Lipinski definition) is 4. The average Bonchev–Trinajstić information content (AvgIpc) is 2.25. The summed E-state index contributed by atoms with van der Waals surface area (Å²) in [7, 11) is 0. The molecule has 0 bridgehead atoms. The summed E-state index contributed by atoms with van der Waals surface area (Å²) >= 11 is 0. The van der Waals surface area contributed by atoms with Crippen molar-refractivity contribution < 1.29 is 14.5 Å². The van der Waals surface area contributed by atoms with Gasteiger partial charge >= 0.3 is 5.97 Å². The van der Waals surface area contributed by atoms with Crippen LogP contribution in [0.4, 0.5) is 0 Å². The summed E-state index contributed by atoms with van der Waals surface area (Å²) in [5, 5.41) is 10.7. The number of nitro groups is 1. The van der Waals surface area contributed by atoms with Crippen molar-refractivity contribution in [3.63, 3.8) is 0 Å². The number of carbonyl (C=O) groups excluding carboxylic acids is 1. The van der Waals surface area contributed by atoms with Gasteiger partial charge in [0, 0.05) is 13.0 Å². The quantitative estimate of drug-likeness (QED) is 0.442. The van der Waals surface area contributed by atoms with Gasteiger partial charge in [-0.25, -0.2) is 0 Å². The van der Waals surface area contributed by atoms with Gasteiger partial charge in [0.25, 0.3) is 5.70 Å². The molecule has 0 saturated carbocycles. The highest BCUT2D eigenvalue weighted by Crippen LogP contribution is 2.07. The van der Waals surface area contributed by atoms with Crippen molar-refractivity contribution in [3.05, 3.63) is 51.7 Å². The molecule has 0 saturated heterocycles. The van der Waals surface area contributed by atoms with Crippen molar-refractivity contribution in [2.45, 2.75) is 6.92 Å². The van der Waals surface area contributed by atoms with Gasteiger partial charge in [-0.3, -0.25) is 14.9 Å². The molecule has 0 aliphatic carbocycles. The maximum absolute atomic E-state index is 10.7. The van der Waals surface area contributed by atoms with Crippen LogP contribution in [0.25, 0.3) is 6.08 Å². The predicted octanol–water partition coefficient (Wildman–Crippen LogP) is 1.87. The molecule has 0 radical (unpaired) electrons. The Morgan fingerprint density at radius 3 is 2.56 bits per heavy atom. The summed E-state index contributed by atoms with van der Waals surface area (Å²) in [4.78, 5) is 20.7. The van der Waals surface area contributed by atoms with Crippen molar-refractivity contribution in [2.24, 2.45) is 0 Å². The summed E-state index contributed by atoms with van der Waals surface area (Å²) in [6, 6.07) is 8.83. The normalized spacial score (nSPS) is 10.9. The number of rotatable bonds is 4. The fraction of sp³-hybridized carbons (Fsp3) is 0.182. The molecule has 1 aromatic carbocycles. The highest BCUT2D eigenvalue weighted by atomic mass is 16.6. The third-order valence-electron chi connectivity index (χ3n) is 1.79. The number of nitrogens with zero attached hydrogens (tertiary/aromatic N) is 1. The molecule has 0 aliphatic rings. The second kappa shape index (κ2) is 5.65. The molecule has 16 heavy (non-hydrogen) atoms. The summed E-state index contributed by atoms with van der Waals surface area (Å²) in [6.45, 7) is 0.886. The zero-order chi connectivity index (χ0) is 12.0. The highest BCUT2D eigenvalue weighted by molar-refractivity contribution is 5.66. The van der Waals surface area contributed by atoms with E-state index in [1.807, 2.05) is 6.07 Å². The monoisotopic (exact) mass is 221 g/mol. The van der Waals surface area contributed by atoms with Crippen molar-refractivity contribution in [2.75, 3.05) is 6.61 Å². The Morgan fingerprint density at radius 2 is 2.06 bits per heavy atom. The molecule has 0 unspecified atom stereocenters.